The highest BCUT2D eigenvalue weighted by atomic mass is 16.7. The number of hydrogen-bond donors (Lipinski definition) is 0. The average molecular weight is 347 g/mol. The smallest absolute Gasteiger partial charge is 0.147 e. The predicted octanol–water partition coefficient (Wildman–Crippen LogP) is 5.98. The Hall–Kier alpha value is -0.600. The summed E-state index contributed by atoms with van der Waals surface area (Å²) < 4.78 is 12.2. The summed E-state index contributed by atoms with van der Waals surface area (Å²) in [4.78, 5) is 0. The van der Waals surface area contributed by atoms with Gasteiger partial charge < -0.3 is 9.47 Å². The molecule has 0 aliphatic heterocycles. The van der Waals surface area contributed by atoms with E-state index in [1.807, 2.05) is 0 Å². The van der Waals surface area contributed by atoms with Crippen molar-refractivity contribution < 1.29 is 9.47 Å². The zero-order valence-electron chi connectivity index (χ0n) is 16.9. The molecule has 2 saturated carbocycles. The predicted molar refractivity (Wildman–Crippen MR) is 104 cm³/mol. The van der Waals surface area contributed by atoms with Crippen molar-refractivity contribution in [2.24, 2.45) is 35.5 Å². The van der Waals surface area contributed by atoms with Crippen LogP contribution in [-0.2, 0) is 9.47 Å². The van der Waals surface area contributed by atoms with Crippen molar-refractivity contribution >= 4 is 0 Å². The summed E-state index contributed by atoms with van der Waals surface area (Å²) in [6.07, 6.45) is 13.7. The average Bonchev–Trinajstić information content (AvgIpc) is 3.31. The first-order valence-electron chi connectivity index (χ1n) is 10.6. The maximum absolute atomic E-state index is 6.19. The second-order valence-electron chi connectivity index (χ2n) is 9.32. The lowest BCUT2D eigenvalue weighted by molar-refractivity contribution is -0.139. The number of hydrogen-bond acceptors (Lipinski definition) is 2. The highest BCUT2D eigenvalue weighted by Crippen LogP contribution is 2.47. The molecule has 0 N–H and O–H groups in total. The normalized spacial score (nSPS) is 39.4. The van der Waals surface area contributed by atoms with Crippen LogP contribution < -0.4 is 0 Å². The Kier molecular flexibility index (Phi) is 6.44. The van der Waals surface area contributed by atoms with Gasteiger partial charge in [-0.25, -0.2) is 0 Å². The molecule has 3 aliphatic carbocycles. The first-order valence-corrected chi connectivity index (χ1v) is 10.6. The Bertz CT molecular complexity index is 492. The van der Waals surface area contributed by atoms with Crippen LogP contribution in [0.1, 0.15) is 66.7 Å². The summed E-state index contributed by atoms with van der Waals surface area (Å²) in [6, 6.07) is 0. The number of ether oxygens (including phenoxy) is 2. The van der Waals surface area contributed by atoms with Crippen LogP contribution in [0.5, 0.6) is 0 Å². The topological polar surface area (TPSA) is 18.5 Å². The molecule has 0 radical (unpaired) electrons. The first-order chi connectivity index (χ1) is 12.0. The van der Waals surface area contributed by atoms with E-state index in [4.69, 9.17) is 9.47 Å². The van der Waals surface area contributed by atoms with Gasteiger partial charge >= 0.3 is 0 Å². The van der Waals surface area contributed by atoms with Crippen LogP contribution in [0.15, 0.2) is 23.8 Å². The molecule has 0 aromatic heterocycles. The van der Waals surface area contributed by atoms with Crippen LogP contribution in [0.2, 0.25) is 0 Å². The van der Waals surface area contributed by atoms with Gasteiger partial charge in [-0.3, -0.25) is 0 Å². The number of rotatable bonds is 7. The van der Waals surface area contributed by atoms with Gasteiger partial charge in [-0.15, -0.1) is 0 Å². The van der Waals surface area contributed by atoms with Gasteiger partial charge in [0.05, 0.1) is 12.2 Å². The molecule has 0 saturated heterocycles. The molecule has 0 aromatic rings. The van der Waals surface area contributed by atoms with Gasteiger partial charge in [-0.2, -0.15) is 0 Å². The highest BCUT2D eigenvalue weighted by Gasteiger charge is 2.38. The van der Waals surface area contributed by atoms with Crippen molar-refractivity contribution in [3.05, 3.63) is 23.8 Å². The molecule has 0 heterocycles. The zero-order chi connectivity index (χ0) is 18.0. The van der Waals surface area contributed by atoms with Crippen molar-refractivity contribution in [2.45, 2.75) is 78.9 Å². The fourth-order valence-electron chi connectivity index (χ4n) is 4.89. The molecule has 0 amide bonds. The summed E-state index contributed by atoms with van der Waals surface area (Å²) in [5, 5.41) is 0. The summed E-state index contributed by atoms with van der Waals surface area (Å²) in [5.74, 6) is 4.69. The SMILES string of the molecule is CC1CCC(C(C)C)C(OCOC2C=CC(C(C)C3CC3C)=CC2)C1. The summed E-state index contributed by atoms with van der Waals surface area (Å²) in [6.45, 7) is 12.2. The van der Waals surface area contributed by atoms with E-state index in [-0.39, 0.29) is 6.10 Å². The molecule has 142 valence electrons. The van der Waals surface area contributed by atoms with Crippen LogP contribution in [0, 0.1) is 35.5 Å². The summed E-state index contributed by atoms with van der Waals surface area (Å²) in [5.41, 5.74) is 1.51. The van der Waals surface area contributed by atoms with Crippen molar-refractivity contribution in [1.29, 1.82) is 0 Å². The largest absolute Gasteiger partial charge is 0.352 e. The molecule has 0 aromatic carbocycles. The van der Waals surface area contributed by atoms with Gasteiger partial charge in [0.1, 0.15) is 6.79 Å². The van der Waals surface area contributed by atoms with Gasteiger partial charge in [-0.1, -0.05) is 59.3 Å². The molecular formula is C23H38O2. The van der Waals surface area contributed by atoms with E-state index in [9.17, 15) is 0 Å². The fraction of sp³-hybridized carbons (Fsp3) is 0.826. The second-order valence-corrected chi connectivity index (χ2v) is 9.32. The molecule has 2 fully saturated rings. The second kappa shape index (κ2) is 8.39. The van der Waals surface area contributed by atoms with Crippen molar-refractivity contribution in [1.82, 2.24) is 0 Å². The van der Waals surface area contributed by atoms with E-state index in [2.05, 4.69) is 52.8 Å². The van der Waals surface area contributed by atoms with E-state index in [0.29, 0.717) is 30.7 Å². The fourth-order valence-corrected chi connectivity index (χ4v) is 4.89. The van der Waals surface area contributed by atoms with Gasteiger partial charge in [-0.05, 0) is 66.8 Å². The Morgan fingerprint density at radius 3 is 2.40 bits per heavy atom. The van der Waals surface area contributed by atoms with Gasteiger partial charge in [0.2, 0.25) is 0 Å². The molecule has 25 heavy (non-hydrogen) atoms. The maximum atomic E-state index is 6.19. The van der Waals surface area contributed by atoms with E-state index in [1.165, 1.54) is 31.3 Å². The van der Waals surface area contributed by atoms with Gasteiger partial charge in [0.15, 0.2) is 0 Å². The van der Waals surface area contributed by atoms with Gasteiger partial charge in [0.25, 0.3) is 0 Å². The van der Waals surface area contributed by atoms with Crippen LogP contribution >= 0.6 is 0 Å². The molecule has 7 atom stereocenters. The minimum Gasteiger partial charge on any atom is -0.352 e. The van der Waals surface area contributed by atoms with E-state index in [0.717, 1.165) is 24.2 Å². The molecule has 3 rings (SSSR count). The molecular weight excluding hydrogens is 308 g/mol. The Morgan fingerprint density at radius 1 is 1.04 bits per heavy atom. The number of allylic oxidation sites excluding steroid dienone is 2. The first kappa shape index (κ1) is 19.2. The Morgan fingerprint density at radius 2 is 1.80 bits per heavy atom. The molecule has 7 unspecified atom stereocenters. The minimum atomic E-state index is 0.186. The van der Waals surface area contributed by atoms with Crippen LogP contribution in [0.25, 0.3) is 0 Å². The van der Waals surface area contributed by atoms with Crippen LogP contribution in [0.4, 0.5) is 0 Å². The van der Waals surface area contributed by atoms with Crippen molar-refractivity contribution in [2.75, 3.05) is 6.79 Å². The van der Waals surface area contributed by atoms with E-state index >= 15 is 0 Å². The Balaban J connectivity index is 1.41. The standard InChI is InChI=1S/C23H38O2/c1-15(2)21-11-6-16(3)12-23(21)25-14-24-20-9-7-19(8-10-20)18(5)22-13-17(22)4/h7-9,15-18,20-23H,6,10-14H2,1-5H3. The Labute approximate surface area is 155 Å². The third-order valence-electron chi connectivity index (χ3n) is 6.95. The minimum absolute atomic E-state index is 0.186. The van der Waals surface area contributed by atoms with Crippen molar-refractivity contribution in [3.8, 4) is 0 Å². The summed E-state index contributed by atoms with van der Waals surface area (Å²) >= 11 is 0. The van der Waals surface area contributed by atoms with Crippen LogP contribution in [0.3, 0.4) is 0 Å². The van der Waals surface area contributed by atoms with Gasteiger partial charge in [0, 0.05) is 0 Å². The monoisotopic (exact) mass is 346 g/mol. The van der Waals surface area contributed by atoms with E-state index < -0.39 is 0 Å². The van der Waals surface area contributed by atoms with Crippen molar-refractivity contribution in [3.63, 3.8) is 0 Å². The quantitative estimate of drug-likeness (QED) is 0.528. The molecule has 0 spiro atoms. The third kappa shape index (κ3) is 4.98. The van der Waals surface area contributed by atoms with E-state index in [1.54, 1.807) is 0 Å². The molecule has 3 aliphatic rings. The molecule has 0 bridgehead atoms. The molecule has 2 nitrogen and oxygen atoms in total. The summed E-state index contributed by atoms with van der Waals surface area (Å²) in [7, 11) is 0. The maximum Gasteiger partial charge on any atom is 0.147 e. The lowest BCUT2D eigenvalue weighted by atomic mass is 9.75. The molecule has 2 heteroatoms. The lowest BCUT2D eigenvalue weighted by Crippen LogP contribution is -2.35. The lowest BCUT2D eigenvalue weighted by Gasteiger charge is -2.37. The van der Waals surface area contributed by atoms with Crippen LogP contribution in [-0.4, -0.2) is 19.0 Å². The zero-order valence-corrected chi connectivity index (χ0v) is 16.9. The third-order valence-corrected chi connectivity index (χ3v) is 6.95. The highest BCUT2D eigenvalue weighted by molar-refractivity contribution is 5.28.